The lowest BCUT2D eigenvalue weighted by Crippen LogP contribution is -2.14. The standard InChI is InChI=1S/C23H20ClN3O/c24-22-7-2-1-6-19(22)16-8-10-18(11-9-16)27-23(28)21-13-20(21)17-5-3-4-15(12-17)14-26-25/h1-12,14,20-21H,13,25H2,(H,27,28)/t20-,21-/m1/s1. The molecule has 1 aliphatic rings. The molecule has 2 atom stereocenters. The zero-order valence-corrected chi connectivity index (χ0v) is 15.9. The Morgan fingerprint density at radius 3 is 2.61 bits per heavy atom. The molecule has 1 saturated carbocycles. The van der Waals surface area contributed by atoms with Crippen LogP contribution < -0.4 is 11.2 Å². The lowest BCUT2D eigenvalue weighted by atomic mass is 10.0. The minimum atomic E-state index is -0.00619. The Labute approximate surface area is 169 Å². The Morgan fingerprint density at radius 1 is 1.07 bits per heavy atom. The molecule has 1 fully saturated rings. The summed E-state index contributed by atoms with van der Waals surface area (Å²) in [6.07, 6.45) is 2.47. The fourth-order valence-electron chi connectivity index (χ4n) is 3.47. The maximum absolute atomic E-state index is 12.6. The summed E-state index contributed by atoms with van der Waals surface area (Å²) in [4.78, 5) is 12.6. The van der Waals surface area contributed by atoms with E-state index in [0.717, 1.165) is 34.4 Å². The summed E-state index contributed by atoms with van der Waals surface area (Å²) in [7, 11) is 0. The molecule has 0 bridgehead atoms. The average Bonchev–Trinajstić information content (AvgIpc) is 3.51. The topological polar surface area (TPSA) is 67.5 Å². The number of nitrogens with two attached hydrogens (primary N) is 1. The molecule has 4 nitrogen and oxygen atoms in total. The van der Waals surface area contributed by atoms with Crippen molar-refractivity contribution in [3.63, 3.8) is 0 Å². The van der Waals surface area contributed by atoms with Crippen molar-refractivity contribution in [2.45, 2.75) is 12.3 Å². The van der Waals surface area contributed by atoms with Crippen molar-refractivity contribution in [2.75, 3.05) is 5.32 Å². The summed E-state index contributed by atoms with van der Waals surface area (Å²) in [5.74, 6) is 5.51. The van der Waals surface area contributed by atoms with Crippen molar-refractivity contribution < 1.29 is 4.79 Å². The normalized spacial score (nSPS) is 18.2. The quantitative estimate of drug-likeness (QED) is 0.364. The second-order valence-corrected chi connectivity index (χ2v) is 7.35. The Kier molecular flexibility index (Phi) is 5.13. The second-order valence-electron chi connectivity index (χ2n) is 6.94. The average molecular weight is 390 g/mol. The van der Waals surface area contributed by atoms with E-state index in [9.17, 15) is 4.79 Å². The van der Waals surface area contributed by atoms with Crippen LogP contribution in [-0.2, 0) is 4.79 Å². The van der Waals surface area contributed by atoms with E-state index in [0.29, 0.717) is 5.02 Å². The highest BCUT2D eigenvalue weighted by Gasteiger charge is 2.43. The molecule has 4 rings (SSSR count). The van der Waals surface area contributed by atoms with Crippen LogP contribution in [0.5, 0.6) is 0 Å². The van der Waals surface area contributed by atoms with Crippen LogP contribution in [0.2, 0.25) is 5.02 Å². The summed E-state index contributed by atoms with van der Waals surface area (Å²) in [5.41, 5.74) is 4.87. The molecule has 1 amide bonds. The van der Waals surface area contributed by atoms with Gasteiger partial charge in [0.15, 0.2) is 0 Å². The third kappa shape index (κ3) is 3.92. The maximum atomic E-state index is 12.6. The van der Waals surface area contributed by atoms with Crippen LogP contribution in [0.4, 0.5) is 5.69 Å². The van der Waals surface area contributed by atoms with Crippen molar-refractivity contribution in [3.05, 3.63) is 88.9 Å². The van der Waals surface area contributed by atoms with Crippen molar-refractivity contribution in [2.24, 2.45) is 16.9 Å². The van der Waals surface area contributed by atoms with Gasteiger partial charge in [-0.15, -0.1) is 0 Å². The molecule has 3 aromatic carbocycles. The highest BCUT2D eigenvalue weighted by Crippen LogP contribution is 2.48. The zero-order chi connectivity index (χ0) is 19.5. The molecule has 0 radical (unpaired) electrons. The number of hydrogen-bond donors (Lipinski definition) is 2. The lowest BCUT2D eigenvalue weighted by molar-refractivity contribution is -0.117. The first-order valence-corrected chi connectivity index (χ1v) is 9.52. The molecule has 3 aromatic rings. The molecule has 5 heteroatoms. The van der Waals surface area contributed by atoms with Crippen LogP contribution in [0.25, 0.3) is 11.1 Å². The van der Waals surface area contributed by atoms with Gasteiger partial charge in [0.2, 0.25) is 5.91 Å². The summed E-state index contributed by atoms with van der Waals surface area (Å²) >= 11 is 6.25. The summed E-state index contributed by atoms with van der Waals surface area (Å²) in [6, 6.07) is 23.5. The number of anilines is 1. The molecule has 0 spiro atoms. The van der Waals surface area contributed by atoms with E-state index >= 15 is 0 Å². The first kappa shape index (κ1) is 18.3. The molecule has 3 N–H and O–H groups in total. The van der Waals surface area contributed by atoms with Crippen molar-refractivity contribution in [1.82, 2.24) is 0 Å². The molecular weight excluding hydrogens is 370 g/mol. The van der Waals surface area contributed by atoms with Gasteiger partial charge < -0.3 is 11.2 Å². The number of amides is 1. The molecular formula is C23H20ClN3O. The van der Waals surface area contributed by atoms with E-state index in [1.54, 1.807) is 6.21 Å². The number of nitrogens with zero attached hydrogens (tertiary/aromatic N) is 1. The highest BCUT2D eigenvalue weighted by atomic mass is 35.5. The van der Waals surface area contributed by atoms with Gasteiger partial charge in [-0.25, -0.2) is 0 Å². The minimum absolute atomic E-state index is 0.00619. The van der Waals surface area contributed by atoms with Crippen LogP contribution in [0.1, 0.15) is 23.5 Å². The van der Waals surface area contributed by atoms with Gasteiger partial charge in [-0.1, -0.05) is 60.1 Å². The Hall–Kier alpha value is -3.11. The van der Waals surface area contributed by atoms with Gasteiger partial charge in [0.05, 0.1) is 6.21 Å². The molecule has 28 heavy (non-hydrogen) atoms. The number of halogens is 1. The molecule has 1 aliphatic carbocycles. The predicted octanol–water partition coefficient (Wildman–Crippen LogP) is 5.04. The first-order valence-electron chi connectivity index (χ1n) is 9.15. The van der Waals surface area contributed by atoms with Gasteiger partial charge in [-0.2, -0.15) is 5.10 Å². The monoisotopic (exact) mass is 389 g/mol. The number of nitrogens with one attached hydrogen (secondary N) is 1. The Bertz CT molecular complexity index is 1030. The number of carbonyl (C=O) groups excluding carboxylic acids is 1. The molecule has 0 heterocycles. The fourth-order valence-corrected chi connectivity index (χ4v) is 3.72. The predicted molar refractivity (Wildman–Crippen MR) is 115 cm³/mol. The van der Waals surface area contributed by atoms with Crippen LogP contribution in [-0.4, -0.2) is 12.1 Å². The van der Waals surface area contributed by atoms with E-state index in [1.807, 2.05) is 72.8 Å². The lowest BCUT2D eigenvalue weighted by Gasteiger charge is -2.08. The van der Waals surface area contributed by atoms with Crippen LogP contribution >= 0.6 is 11.6 Å². The van der Waals surface area contributed by atoms with E-state index in [4.69, 9.17) is 17.4 Å². The number of hydrogen-bond acceptors (Lipinski definition) is 3. The maximum Gasteiger partial charge on any atom is 0.228 e. The van der Waals surface area contributed by atoms with E-state index in [1.165, 1.54) is 0 Å². The van der Waals surface area contributed by atoms with Gasteiger partial charge in [-0.05, 0) is 53.3 Å². The van der Waals surface area contributed by atoms with E-state index in [-0.39, 0.29) is 17.7 Å². The van der Waals surface area contributed by atoms with Crippen molar-refractivity contribution >= 4 is 29.4 Å². The number of benzene rings is 3. The van der Waals surface area contributed by atoms with Crippen molar-refractivity contribution in [1.29, 1.82) is 0 Å². The van der Waals surface area contributed by atoms with Crippen LogP contribution in [0.15, 0.2) is 77.9 Å². The highest BCUT2D eigenvalue weighted by molar-refractivity contribution is 6.33. The van der Waals surface area contributed by atoms with Crippen molar-refractivity contribution in [3.8, 4) is 11.1 Å². The van der Waals surface area contributed by atoms with Gasteiger partial charge in [0, 0.05) is 22.2 Å². The molecule has 0 aliphatic heterocycles. The molecule has 0 aromatic heterocycles. The number of hydrazone groups is 1. The largest absolute Gasteiger partial charge is 0.326 e. The van der Waals surface area contributed by atoms with Gasteiger partial charge >= 0.3 is 0 Å². The summed E-state index contributed by atoms with van der Waals surface area (Å²) in [5, 5.41) is 7.29. The molecule has 0 unspecified atom stereocenters. The third-order valence-corrected chi connectivity index (χ3v) is 5.36. The number of carbonyl (C=O) groups is 1. The first-order chi connectivity index (χ1) is 13.7. The third-order valence-electron chi connectivity index (χ3n) is 5.03. The molecule has 140 valence electrons. The van der Waals surface area contributed by atoms with Gasteiger partial charge in [0.1, 0.15) is 0 Å². The summed E-state index contributed by atoms with van der Waals surface area (Å²) in [6.45, 7) is 0. The fraction of sp³-hybridized carbons (Fsp3) is 0.130. The minimum Gasteiger partial charge on any atom is -0.326 e. The second kappa shape index (κ2) is 7.87. The number of rotatable bonds is 5. The Balaban J connectivity index is 1.41. The zero-order valence-electron chi connectivity index (χ0n) is 15.2. The van der Waals surface area contributed by atoms with Crippen LogP contribution in [0, 0.1) is 5.92 Å². The Morgan fingerprint density at radius 2 is 1.86 bits per heavy atom. The summed E-state index contributed by atoms with van der Waals surface area (Å²) < 4.78 is 0. The smallest absolute Gasteiger partial charge is 0.228 e. The van der Waals surface area contributed by atoms with E-state index < -0.39 is 0 Å². The van der Waals surface area contributed by atoms with E-state index in [2.05, 4.69) is 10.4 Å². The van der Waals surface area contributed by atoms with Gasteiger partial charge in [0.25, 0.3) is 0 Å². The van der Waals surface area contributed by atoms with Gasteiger partial charge in [-0.3, -0.25) is 4.79 Å². The molecule has 0 saturated heterocycles. The SMILES string of the molecule is NN=Cc1cccc([C@H]2C[C@H]2C(=O)Nc2ccc(-c3ccccc3Cl)cc2)c1. The van der Waals surface area contributed by atoms with Crippen LogP contribution in [0.3, 0.4) is 0 Å².